The molecule has 3 unspecified atom stereocenters. The second-order valence-corrected chi connectivity index (χ2v) is 8.73. The maximum atomic E-state index is 12.5. The summed E-state index contributed by atoms with van der Waals surface area (Å²) >= 11 is 3.51. The van der Waals surface area contributed by atoms with Gasteiger partial charge in [-0.3, -0.25) is 4.90 Å². The fourth-order valence-electron chi connectivity index (χ4n) is 4.94. The smallest absolute Gasteiger partial charge is 0.318 e. The summed E-state index contributed by atoms with van der Waals surface area (Å²) in [5, 5.41) is 3.24. The van der Waals surface area contributed by atoms with Crippen LogP contribution in [0.3, 0.4) is 0 Å². The van der Waals surface area contributed by atoms with E-state index < -0.39 is 0 Å². The number of carbonyl (C=O) groups is 1. The number of piperidine rings is 1. The van der Waals surface area contributed by atoms with Crippen molar-refractivity contribution in [2.75, 3.05) is 13.1 Å². The molecule has 1 N–H and O–H groups in total. The van der Waals surface area contributed by atoms with Crippen molar-refractivity contribution in [1.82, 2.24) is 15.1 Å². The first-order valence-electron chi connectivity index (χ1n) is 9.72. The average Bonchev–Trinajstić information content (AvgIpc) is 2.97. The lowest BCUT2D eigenvalue weighted by atomic mass is 9.89. The van der Waals surface area contributed by atoms with E-state index in [-0.39, 0.29) is 6.03 Å². The molecule has 0 aromatic heterocycles. The SMILES string of the molecule is CC(c1ccc(Br)cc1)N1CCC(N2C(=O)NC3CCCCC32)CC1. The van der Waals surface area contributed by atoms with Crippen LogP contribution in [0.25, 0.3) is 0 Å². The van der Waals surface area contributed by atoms with Crippen molar-refractivity contribution >= 4 is 22.0 Å². The Balaban J connectivity index is 1.38. The van der Waals surface area contributed by atoms with Crippen LogP contribution >= 0.6 is 15.9 Å². The number of amides is 2. The van der Waals surface area contributed by atoms with Crippen molar-refractivity contribution in [2.45, 2.75) is 69.6 Å². The van der Waals surface area contributed by atoms with Crippen LogP contribution in [0.5, 0.6) is 0 Å². The predicted octanol–water partition coefficient (Wildman–Crippen LogP) is 4.31. The van der Waals surface area contributed by atoms with Gasteiger partial charge in [0.05, 0.1) is 12.1 Å². The lowest BCUT2D eigenvalue weighted by molar-refractivity contribution is 0.0855. The quantitative estimate of drug-likeness (QED) is 0.812. The van der Waals surface area contributed by atoms with E-state index in [1.807, 2.05) is 0 Å². The van der Waals surface area contributed by atoms with Crippen LogP contribution < -0.4 is 5.32 Å². The molecule has 3 fully saturated rings. The highest BCUT2D eigenvalue weighted by molar-refractivity contribution is 9.10. The van der Waals surface area contributed by atoms with Gasteiger partial charge in [-0.05, 0) is 50.3 Å². The second kappa shape index (κ2) is 7.28. The number of urea groups is 1. The molecule has 4 nitrogen and oxygen atoms in total. The molecule has 136 valence electrons. The molecule has 1 aliphatic carbocycles. The Kier molecular flexibility index (Phi) is 5.05. The number of hydrogen-bond donors (Lipinski definition) is 1. The Hall–Kier alpha value is -1.07. The Bertz CT molecular complexity index is 612. The molecule has 1 aromatic carbocycles. The molecule has 2 saturated heterocycles. The molecule has 1 saturated carbocycles. The molecule has 0 radical (unpaired) electrons. The van der Waals surface area contributed by atoms with Gasteiger partial charge in [0.25, 0.3) is 0 Å². The minimum atomic E-state index is 0.191. The maximum Gasteiger partial charge on any atom is 0.318 e. The summed E-state index contributed by atoms with van der Waals surface area (Å²) in [4.78, 5) is 17.3. The summed E-state index contributed by atoms with van der Waals surface area (Å²) in [6, 6.07) is 10.6. The molecule has 2 heterocycles. The van der Waals surface area contributed by atoms with Gasteiger partial charge < -0.3 is 10.2 Å². The lowest BCUT2D eigenvalue weighted by Crippen LogP contribution is -2.50. The van der Waals surface area contributed by atoms with E-state index in [1.54, 1.807) is 0 Å². The molecule has 2 amide bonds. The molecule has 5 heteroatoms. The van der Waals surface area contributed by atoms with Crippen LogP contribution in [0.4, 0.5) is 4.79 Å². The number of rotatable bonds is 3. The van der Waals surface area contributed by atoms with Gasteiger partial charge in [0.2, 0.25) is 0 Å². The fourth-order valence-corrected chi connectivity index (χ4v) is 5.20. The number of halogens is 1. The molecular formula is C20H28BrN3O. The van der Waals surface area contributed by atoms with Crippen molar-refractivity contribution in [3.05, 3.63) is 34.3 Å². The zero-order valence-electron chi connectivity index (χ0n) is 15.0. The Morgan fingerprint density at radius 3 is 2.48 bits per heavy atom. The summed E-state index contributed by atoms with van der Waals surface area (Å²) in [5.41, 5.74) is 1.37. The number of nitrogens with zero attached hydrogens (tertiary/aromatic N) is 2. The van der Waals surface area contributed by atoms with E-state index in [0.717, 1.165) is 36.8 Å². The third kappa shape index (κ3) is 3.45. The number of likely N-dealkylation sites (tertiary alicyclic amines) is 1. The van der Waals surface area contributed by atoms with Crippen molar-refractivity contribution < 1.29 is 4.79 Å². The van der Waals surface area contributed by atoms with E-state index in [0.29, 0.717) is 24.2 Å². The van der Waals surface area contributed by atoms with Crippen molar-refractivity contribution in [1.29, 1.82) is 0 Å². The zero-order valence-corrected chi connectivity index (χ0v) is 16.5. The highest BCUT2D eigenvalue weighted by Gasteiger charge is 2.44. The highest BCUT2D eigenvalue weighted by atomic mass is 79.9. The van der Waals surface area contributed by atoms with Crippen molar-refractivity contribution in [2.24, 2.45) is 0 Å². The number of nitrogens with one attached hydrogen (secondary N) is 1. The van der Waals surface area contributed by atoms with Gasteiger partial charge >= 0.3 is 6.03 Å². The fraction of sp³-hybridized carbons (Fsp3) is 0.650. The first-order chi connectivity index (χ1) is 12.1. The number of benzene rings is 1. The van der Waals surface area contributed by atoms with Crippen LogP contribution in [0.15, 0.2) is 28.7 Å². The first-order valence-corrected chi connectivity index (χ1v) is 10.5. The Labute approximate surface area is 159 Å². The third-order valence-corrected chi connectivity index (χ3v) is 6.95. The van der Waals surface area contributed by atoms with Gasteiger partial charge in [0.15, 0.2) is 0 Å². The predicted molar refractivity (Wildman–Crippen MR) is 104 cm³/mol. The van der Waals surface area contributed by atoms with E-state index in [1.165, 1.54) is 24.8 Å². The molecule has 0 spiro atoms. The van der Waals surface area contributed by atoms with Gasteiger partial charge in [-0.25, -0.2) is 4.79 Å². The summed E-state index contributed by atoms with van der Waals surface area (Å²) in [5.74, 6) is 0. The Morgan fingerprint density at radius 2 is 1.76 bits per heavy atom. The molecule has 1 aromatic rings. The summed E-state index contributed by atoms with van der Waals surface area (Å²) in [6.45, 7) is 4.44. The average molecular weight is 406 g/mol. The van der Waals surface area contributed by atoms with Crippen molar-refractivity contribution in [3.8, 4) is 0 Å². The van der Waals surface area contributed by atoms with Crippen LogP contribution in [0.2, 0.25) is 0 Å². The molecule has 2 aliphatic heterocycles. The number of hydrogen-bond acceptors (Lipinski definition) is 2. The van der Waals surface area contributed by atoms with Gasteiger partial charge in [-0.15, -0.1) is 0 Å². The zero-order chi connectivity index (χ0) is 17.4. The van der Waals surface area contributed by atoms with Crippen LogP contribution in [0.1, 0.15) is 57.1 Å². The minimum absolute atomic E-state index is 0.191. The van der Waals surface area contributed by atoms with Crippen LogP contribution in [-0.2, 0) is 0 Å². The summed E-state index contributed by atoms with van der Waals surface area (Å²) in [7, 11) is 0. The number of carbonyl (C=O) groups excluding carboxylic acids is 1. The molecule has 0 bridgehead atoms. The minimum Gasteiger partial charge on any atom is -0.333 e. The summed E-state index contributed by atoms with van der Waals surface area (Å²) in [6.07, 6.45) is 7.06. The van der Waals surface area contributed by atoms with E-state index in [2.05, 4.69) is 62.2 Å². The monoisotopic (exact) mass is 405 g/mol. The van der Waals surface area contributed by atoms with Gasteiger partial charge in [-0.2, -0.15) is 0 Å². The molecule has 3 atom stereocenters. The maximum absolute atomic E-state index is 12.5. The topological polar surface area (TPSA) is 35.6 Å². The highest BCUT2D eigenvalue weighted by Crippen LogP contribution is 2.33. The van der Waals surface area contributed by atoms with Gasteiger partial charge in [-0.1, -0.05) is 40.9 Å². The van der Waals surface area contributed by atoms with Crippen molar-refractivity contribution in [3.63, 3.8) is 0 Å². The van der Waals surface area contributed by atoms with E-state index in [4.69, 9.17) is 0 Å². The Morgan fingerprint density at radius 1 is 1.08 bits per heavy atom. The normalized spacial score (nSPS) is 29.4. The molecular weight excluding hydrogens is 378 g/mol. The first kappa shape index (κ1) is 17.3. The lowest BCUT2D eigenvalue weighted by Gasteiger charge is -2.42. The standard InChI is InChI=1S/C20H28BrN3O/c1-14(15-6-8-16(21)9-7-15)23-12-10-17(11-13-23)24-19-5-3-2-4-18(19)22-20(24)25/h6-9,14,17-19H,2-5,10-13H2,1H3,(H,22,25). The van der Waals surface area contributed by atoms with Crippen LogP contribution in [-0.4, -0.2) is 47.0 Å². The largest absolute Gasteiger partial charge is 0.333 e. The third-order valence-electron chi connectivity index (χ3n) is 6.42. The van der Waals surface area contributed by atoms with Gasteiger partial charge in [0, 0.05) is 29.6 Å². The second-order valence-electron chi connectivity index (χ2n) is 7.81. The molecule has 4 rings (SSSR count). The number of fused-ring (bicyclic) bond motifs is 1. The van der Waals surface area contributed by atoms with Gasteiger partial charge in [0.1, 0.15) is 0 Å². The summed E-state index contributed by atoms with van der Waals surface area (Å²) < 4.78 is 1.13. The molecule has 3 aliphatic rings. The van der Waals surface area contributed by atoms with E-state index in [9.17, 15) is 4.79 Å². The molecule has 25 heavy (non-hydrogen) atoms. The van der Waals surface area contributed by atoms with E-state index >= 15 is 0 Å². The van der Waals surface area contributed by atoms with Crippen LogP contribution in [0, 0.1) is 0 Å².